The standard InChI is InChI=1S/C18H29N5/c1-4-19-18(20-11-7-8-15(2)3)21-12-10-16-14-23-13-6-5-9-17(23)22-16/h5-6,9,13-15H,4,7-8,10-12H2,1-3H3,(H2,19,20,21). The quantitative estimate of drug-likeness (QED) is 0.447. The average Bonchev–Trinajstić information content (AvgIpc) is 2.94. The molecule has 0 saturated heterocycles. The van der Waals surface area contributed by atoms with Crippen LogP contribution >= 0.6 is 0 Å². The van der Waals surface area contributed by atoms with Crippen LogP contribution < -0.4 is 10.6 Å². The topological polar surface area (TPSA) is 53.7 Å². The third kappa shape index (κ3) is 5.93. The Labute approximate surface area is 139 Å². The van der Waals surface area contributed by atoms with E-state index in [-0.39, 0.29) is 0 Å². The van der Waals surface area contributed by atoms with Crippen molar-refractivity contribution < 1.29 is 0 Å². The first-order valence-corrected chi connectivity index (χ1v) is 8.64. The van der Waals surface area contributed by atoms with Gasteiger partial charge in [0.2, 0.25) is 0 Å². The van der Waals surface area contributed by atoms with E-state index in [0.29, 0.717) is 0 Å². The fourth-order valence-electron chi connectivity index (χ4n) is 2.45. The third-order valence-electron chi connectivity index (χ3n) is 3.64. The lowest BCUT2D eigenvalue weighted by molar-refractivity contribution is 0.560. The van der Waals surface area contributed by atoms with Gasteiger partial charge in [0.15, 0.2) is 5.96 Å². The number of aliphatic imine (C=N–C) groups is 1. The van der Waals surface area contributed by atoms with E-state index in [9.17, 15) is 0 Å². The SMILES string of the molecule is CCNC(=NCCCC(C)C)NCCc1cn2ccccc2n1. The number of guanidine groups is 1. The molecule has 5 heteroatoms. The molecule has 5 nitrogen and oxygen atoms in total. The van der Waals surface area contributed by atoms with E-state index < -0.39 is 0 Å². The van der Waals surface area contributed by atoms with Crippen molar-refractivity contribution in [3.63, 3.8) is 0 Å². The van der Waals surface area contributed by atoms with Crippen LogP contribution in [0.3, 0.4) is 0 Å². The van der Waals surface area contributed by atoms with Crippen LogP contribution in [0.1, 0.15) is 39.3 Å². The lowest BCUT2D eigenvalue weighted by atomic mass is 10.1. The van der Waals surface area contributed by atoms with Gasteiger partial charge in [0.1, 0.15) is 5.65 Å². The van der Waals surface area contributed by atoms with Gasteiger partial charge in [-0.25, -0.2) is 4.98 Å². The van der Waals surface area contributed by atoms with Crippen LogP contribution in [-0.4, -0.2) is 35.0 Å². The lowest BCUT2D eigenvalue weighted by Crippen LogP contribution is -2.38. The molecule has 2 N–H and O–H groups in total. The number of fused-ring (bicyclic) bond motifs is 1. The second kappa shape index (κ2) is 9.18. The summed E-state index contributed by atoms with van der Waals surface area (Å²) in [7, 11) is 0. The number of hydrogen-bond acceptors (Lipinski definition) is 2. The van der Waals surface area contributed by atoms with E-state index in [2.05, 4.69) is 52.0 Å². The van der Waals surface area contributed by atoms with Gasteiger partial charge in [-0.1, -0.05) is 19.9 Å². The molecule has 0 aliphatic carbocycles. The van der Waals surface area contributed by atoms with E-state index in [1.54, 1.807) is 0 Å². The largest absolute Gasteiger partial charge is 0.357 e. The lowest BCUT2D eigenvalue weighted by Gasteiger charge is -2.11. The molecule has 0 amide bonds. The first-order valence-electron chi connectivity index (χ1n) is 8.64. The monoisotopic (exact) mass is 315 g/mol. The van der Waals surface area contributed by atoms with Crippen molar-refractivity contribution in [3.8, 4) is 0 Å². The van der Waals surface area contributed by atoms with E-state index >= 15 is 0 Å². The van der Waals surface area contributed by atoms with Crippen molar-refractivity contribution in [1.29, 1.82) is 0 Å². The number of rotatable bonds is 8. The number of pyridine rings is 1. The van der Waals surface area contributed by atoms with E-state index in [1.165, 1.54) is 6.42 Å². The zero-order valence-corrected chi connectivity index (χ0v) is 14.5. The highest BCUT2D eigenvalue weighted by atomic mass is 15.2. The van der Waals surface area contributed by atoms with Crippen LogP contribution in [0, 0.1) is 5.92 Å². The van der Waals surface area contributed by atoms with Crippen LogP contribution in [0.5, 0.6) is 0 Å². The van der Waals surface area contributed by atoms with Gasteiger partial charge in [0, 0.05) is 38.4 Å². The molecule has 0 unspecified atom stereocenters. The predicted molar refractivity (Wildman–Crippen MR) is 96.9 cm³/mol. The number of aromatic nitrogens is 2. The number of hydrogen-bond donors (Lipinski definition) is 2. The number of nitrogens with one attached hydrogen (secondary N) is 2. The molecule has 0 saturated carbocycles. The van der Waals surface area contributed by atoms with Gasteiger partial charge in [0.25, 0.3) is 0 Å². The normalized spacial score (nSPS) is 12.1. The van der Waals surface area contributed by atoms with Crippen molar-refractivity contribution in [1.82, 2.24) is 20.0 Å². The highest BCUT2D eigenvalue weighted by Gasteiger charge is 2.02. The second-order valence-electron chi connectivity index (χ2n) is 6.17. The molecule has 0 radical (unpaired) electrons. The van der Waals surface area contributed by atoms with Gasteiger partial charge in [-0.3, -0.25) is 4.99 Å². The zero-order chi connectivity index (χ0) is 16.5. The Balaban J connectivity index is 1.79. The van der Waals surface area contributed by atoms with Crippen LogP contribution in [0.25, 0.3) is 5.65 Å². The van der Waals surface area contributed by atoms with Crippen LogP contribution in [0.15, 0.2) is 35.6 Å². The maximum Gasteiger partial charge on any atom is 0.191 e. The maximum absolute atomic E-state index is 4.63. The minimum Gasteiger partial charge on any atom is -0.357 e. The van der Waals surface area contributed by atoms with Gasteiger partial charge in [-0.15, -0.1) is 0 Å². The molecular formula is C18H29N5. The van der Waals surface area contributed by atoms with E-state index in [1.807, 2.05) is 24.4 Å². The molecule has 2 rings (SSSR count). The first kappa shape index (κ1) is 17.3. The van der Waals surface area contributed by atoms with Crippen molar-refractivity contribution in [2.45, 2.75) is 40.0 Å². The molecule has 0 spiro atoms. The summed E-state index contributed by atoms with van der Waals surface area (Å²) in [6, 6.07) is 6.05. The average molecular weight is 315 g/mol. The second-order valence-corrected chi connectivity index (χ2v) is 6.17. The summed E-state index contributed by atoms with van der Waals surface area (Å²) in [5.41, 5.74) is 2.09. The van der Waals surface area contributed by atoms with Crippen LogP contribution in [-0.2, 0) is 6.42 Å². The summed E-state index contributed by atoms with van der Waals surface area (Å²) >= 11 is 0. The van der Waals surface area contributed by atoms with Crippen molar-refractivity contribution >= 4 is 11.6 Å². The van der Waals surface area contributed by atoms with E-state index in [0.717, 1.165) is 55.7 Å². The maximum atomic E-state index is 4.63. The number of imidazole rings is 1. The molecule has 2 aromatic heterocycles. The smallest absolute Gasteiger partial charge is 0.191 e. The highest BCUT2D eigenvalue weighted by Crippen LogP contribution is 2.05. The summed E-state index contributed by atoms with van der Waals surface area (Å²) in [5, 5.41) is 6.69. The molecule has 0 aliphatic heterocycles. The van der Waals surface area contributed by atoms with Gasteiger partial charge in [0.05, 0.1) is 5.69 Å². The predicted octanol–water partition coefficient (Wildman–Crippen LogP) is 2.87. The van der Waals surface area contributed by atoms with E-state index in [4.69, 9.17) is 0 Å². The molecule has 126 valence electrons. The summed E-state index contributed by atoms with van der Waals surface area (Å²) in [5.74, 6) is 1.65. The van der Waals surface area contributed by atoms with Gasteiger partial charge in [-0.05, 0) is 37.8 Å². The first-order chi connectivity index (χ1) is 11.2. The Hall–Kier alpha value is -2.04. The summed E-state index contributed by atoms with van der Waals surface area (Å²) in [6.07, 6.45) is 7.37. The Morgan fingerprint density at radius 3 is 2.91 bits per heavy atom. The molecule has 0 bridgehead atoms. The van der Waals surface area contributed by atoms with Crippen molar-refractivity contribution in [2.24, 2.45) is 10.9 Å². The molecule has 0 fully saturated rings. The molecule has 0 aromatic carbocycles. The van der Waals surface area contributed by atoms with Crippen LogP contribution in [0.4, 0.5) is 0 Å². The highest BCUT2D eigenvalue weighted by molar-refractivity contribution is 5.79. The van der Waals surface area contributed by atoms with Crippen molar-refractivity contribution in [2.75, 3.05) is 19.6 Å². The Morgan fingerprint density at radius 2 is 2.17 bits per heavy atom. The molecule has 0 atom stereocenters. The third-order valence-corrected chi connectivity index (χ3v) is 3.64. The Morgan fingerprint density at radius 1 is 1.30 bits per heavy atom. The molecular weight excluding hydrogens is 286 g/mol. The fraction of sp³-hybridized carbons (Fsp3) is 0.556. The Bertz CT molecular complexity index is 582. The van der Waals surface area contributed by atoms with Crippen molar-refractivity contribution in [3.05, 3.63) is 36.3 Å². The Kier molecular flexibility index (Phi) is 6.91. The fourth-order valence-corrected chi connectivity index (χ4v) is 2.45. The summed E-state index contributed by atoms with van der Waals surface area (Å²) in [4.78, 5) is 9.24. The summed E-state index contributed by atoms with van der Waals surface area (Å²) in [6.45, 7) is 9.18. The minimum atomic E-state index is 0.746. The van der Waals surface area contributed by atoms with Crippen LogP contribution in [0.2, 0.25) is 0 Å². The molecule has 2 heterocycles. The molecule has 0 aliphatic rings. The number of nitrogens with zero attached hydrogens (tertiary/aromatic N) is 3. The van der Waals surface area contributed by atoms with Gasteiger partial charge in [-0.2, -0.15) is 0 Å². The summed E-state index contributed by atoms with van der Waals surface area (Å²) < 4.78 is 2.06. The van der Waals surface area contributed by atoms with Gasteiger partial charge < -0.3 is 15.0 Å². The van der Waals surface area contributed by atoms with Gasteiger partial charge >= 0.3 is 0 Å². The zero-order valence-electron chi connectivity index (χ0n) is 14.5. The minimum absolute atomic E-state index is 0.746. The molecule has 2 aromatic rings. The molecule has 23 heavy (non-hydrogen) atoms.